The van der Waals surface area contributed by atoms with Gasteiger partial charge in [0.2, 0.25) is 0 Å². The second-order valence-electron chi connectivity index (χ2n) is 10.6. The van der Waals surface area contributed by atoms with Crippen molar-refractivity contribution in [2.45, 2.75) is 51.7 Å². The molecule has 2 aromatic rings. The molecule has 0 amide bonds. The second-order valence-corrected chi connectivity index (χ2v) is 10.6. The van der Waals surface area contributed by atoms with E-state index in [1.54, 1.807) is 13.0 Å². The molecule has 0 saturated carbocycles. The van der Waals surface area contributed by atoms with E-state index < -0.39 is 24.2 Å². The molecular formula is C29H31F3N2O6. The van der Waals surface area contributed by atoms with E-state index in [-0.39, 0.29) is 25.2 Å². The molecule has 8 nitrogen and oxygen atoms in total. The first-order chi connectivity index (χ1) is 19.0. The summed E-state index contributed by atoms with van der Waals surface area (Å²) in [5.74, 6) is -3.00. The number of esters is 3. The summed E-state index contributed by atoms with van der Waals surface area (Å²) < 4.78 is 54.6. The van der Waals surface area contributed by atoms with Gasteiger partial charge in [0, 0.05) is 51.3 Å². The molecule has 214 valence electrons. The fourth-order valence-corrected chi connectivity index (χ4v) is 5.60. The number of rotatable bonds is 7. The fraction of sp³-hybridized carbons (Fsp3) is 0.483. The smallest absolute Gasteiger partial charge is 0.459 e. The lowest BCUT2D eigenvalue weighted by molar-refractivity contribution is -0.206. The van der Waals surface area contributed by atoms with Crippen molar-refractivity contribution in [1.29, 1.82) is 0 Å². The zero-order valence-electron chi connectivity index (χ0n) is 22.4. The molecule has 2 aromatic carbocycles. The average molecular weight is 561 g/mol. The number of hydrogen-bond donors (Lipinski definition) is 0. The maximum Gasteiger partial charge on any atom is 0.490 e. The minimum Gasteiger partial charge on any atom is -0.459 e. The van der Waals surface area contributed by atoms with Gasteiger partial charge in [0.1, 0.15) is 18.8 Å². The lowest BCUT2D eigenvalue weighted by Gasteiger charge is -2.36. The molecule has 11 heteroatoms. The van der Waals surface area contributed by atoms with Crippen LogP contribution >= 0.6 is 0 Å². The number of nitrogens with zero attached hydrogens (tertiary/aromatic N) is 2. The summed E-state index contributed by atoms with van der Waals surface area (Å²) in [6.07, 6.45) is -4.90. The van der Waals surface area contributed by atoms with E-state index in [1.165, 1.54) is 6.07 Å². The van der Waals surface area contributed by atoms with E-state index in [0.717, 1.165) is 24.1 Å². The first-order valence-corrected chi connectivity index (χ1v) is 13.3. The molecule has 40 heavy (non-hydrogen) atoms. The highest BCUT2D eigenvalue weighted by atomic mass is 19.4. The first kappa shape index (κ1) is 28.1. The molecule has 0 bridgehead atoms. The fourth-order valence-electron chi connectivity index (χ4n) is 5.60. The van der Waals surface area contributed by atoms with Crippen LogP contribution in [0.25, 0.3) is 0 Å². The van der Waals surface area contributed by atoms with Crippen LogP contribution in [-0.4, -0.2) is 79.3 Å². The summed E-state index contributed by atoms with van der Waals surface area (Å²) in [4.78, 5) is 40.0. The minimum absolute atomic E-state index is 0.0415. The Balaban J connectivity index is 1.21. The molecule has 3 aliphatic heterocycles. The molecule has 0 radical (unpaired) electrons. The van der Waals surface area contributed by atoms with Crippen LogP contribution in [0.3, 0.4) is 0 Å². The van der Waals surface area contributed by atoms with Crippen LogP contribution in [0, 0.1) is 6.92 Å². The van der Waals surface area contributed by atoms with Gasteiger partial charge < -0.3 is 19.1 Å². The first-order valence-electron chi connectivity index (χ1n) is 13.3. The lowest BCUT2D eigenvalue weighted by Crippen LogP contribution is -2.48. The Morgan fingerprint density at radius 3 is 2.48 bits per heavy atom. The van der Waals surface area contributed by atoms with Crippen molar-refractivity contribution < 1.29 is 41.8 Å². The van der Waals surface area contributed by atoms with Gasteiger partial charge in [-0.25, -0.2) is 14.4 Å². The third-order valence-corrected chi connectivity index (χ3v) is 7.85. The Bertz CT molecular complexity index is 1320. The van der Waals surface area contributed by atoms with Gasteiger partial charge in [-0.3, -0.25) is 4.90 Å². The number of hydrogen-bond acceptors (Lipinski definition) is 8. The summed E-state index contributed by atoms with van der Waals surface area (Å²) >= 11 is 0. The van der Waals surface area contributed by atoms with E-state index in [1.807, 2.05) is 24.0 Å². The molecule has 0 spiro atoms. The van der Waals surface area contributed by atoms with Crippen molar-refractivity contribution in [3.8, 4) is 0 Å². The lowest BCUT2D eigenvalue weighted by atomic mass is 9.95. The van der Waals surface area contributed by atoms with Crippen molar-refractivity contribution >= 4 is 17.9 Å². The highest BCUT2D eigenvalue weighted by Gasteiger charge is 2.43. The average Bonchev–Trinajstić information content (AvgIpc) is 3.28. The SMILES string of the molecule is Cc1c([C@@H](CN2CCN(CCc3ccc4c(c3)C[C@@H](C)OC4=O)CC2)OC(=O)C(F)(F)F)ccc2c1COC2=O. The number of benzene rings is 2. The number of alkyl halides is 3. The van der Waals surface area contributed by atoms with Crippen LogP contribution in [-0.2, 0) is 38.5 Å². The predicted molar refractivity (Wildman–Crippen MR) is 137 cm³/mol. The van der Waals surface area contributed by atoms with Crippen LogP contribution < -0.4 is 0 Å². The summed E-state index contributed by atoms with van der Waals surface area (Å²) in [5, 5.41) is 0. The van der Waals surface area contributed by atoms with Gasteiger partial charge in [-0.1, -0.05) is 18.2 Å². The highest BCUT2D eigenvalue weighted by molar-refractivity contribution is 5.94. The molecule has 3 aliphatic rings. The number of carbonyl (C=O) groups excluding carboxylic acids is 3. The largest absolute Gasteiger partial charge is 0.490 e. The molecule has 2 atom stereocenters. The Labute approximate surface area is 230 Å². The number of piperazine rings is 1. The molecule has 3 heterocycles. The normalized spacial score (nSPS) is 20.4. The Hall–Kier alpha value is -3.44. The van der Waals surface area contributed by atoms with E-state index in [9.17, 15) is 27.6 Å². The predicted octanol–water partition coefficient (Wildman–Crippen LogP) is 3.77. The standard InChI is InChI=1S/C29H31F3N2O6/c1-17-13-20-14-19(3-4-22(20)27(36)39-17)7-8-33-9-11-34(12-10-33)15-25(40-28(37)29(30,31)32)21-5-6-23-24(18(21)2)16-38-26(23)35/h3-6,14,17,25H,7-13,15-16H2,1-2H3/t17-,25-/m1/s1. The second kappa shape index (κ2) is 11.2. The van der Waals surface area contributed by atoms with Crippen LogP contribution in [0.4, 0.5) is 13.2 Å². The summed E-state index contributed by atoms with van der Waals surface area (Å²) in [6, 6.07) is 8.90. The maximum absolute atomic E-state index is 13.1. The maximum atomic E-state index is 13.1. The monoisotopic (exact) mass is 560 g/mol. The van der Waals surface area contributed by atoms with E-state index in [4.69, 9.17) is 14.2 Å². The Morgan fingerprint density at radius 1 is 1.05 bits per heavy atom. The van der Waals surface area contributed by atoms with Crippen molar-refractivity contribution in [1.82, 2.24) is 9.80 Å². The van der Waals surface area contributed by atoms with E-state index >= 15 is 0 Å². The van der Waals surface area contributed by atoms with Gasteiger partial charge in [0.15, 0.2) is 0 Å². The van der Waals surface area contributed by atoms with Crippen LogP contribution in [0.5, 0.6) is 0 Å². The molecule has 0 aromatic heterocycles. The number of fused-ring (bicyclic) bond motifs is 2. The molecular weight excluding hydrogens is 529 g/mol. The van der Waals surface area contributed by atoms with Gasteiger partial charge in [-0.2, -0.15) is 13.2 Å². The minimum atomic E-state index is -5.12. The van der Waals surface area contributed by atoms with Crippen molar-refractivity contribution in [2.24, 2.45) is 0 Å². The number of cyclic esters (lactones) is 2. The van der Waals surface area contributed by atoms with Crippen molar-refractivity contribution in [3.63, 3.8) is 0 Å². The quantitative estimate of drug-likeness (QED) is 0.374. The molecule has 0 unspecified atom stereocenters. The van der Waals surface area contributed by atoms with E-state index in [0.29, 0.717) is 60.4 Å². The van der Waals surface area contributed by atoms with Crippen LogP contribution in [0.2, 0.25) is 0 Å². The van der Waals surface area contributed by atoms with Gasteiger partial charge in [0.05, 0.1) is 11.1 Å². The highest BCUT2D eigenvalue weighted by Crippen LogP contribution is 2.33. The van der Waals surface area contributed by atoms with Crippen LogP contribution in [0.1, 0.15) is 61.6 Å². The van der Waals surface area contributed by atoms with Gasteiger partial charge in [-0.15, -0.1) is 0 Å². The topological polar surface area (TPSA) is 85.4 Å². The van der Waals surface area contributed by atoms with Gasteiger partial charge in [-0.05, 0) is 54.7 Å². The van der Waals surface area contributed by atoms with Crippen LogP contribution in [0.15, 0.2) is 30.3 Å². The van der Waals surface area contributed by atoms with Gasteiger partial charge >= 0.3 is 24.1 Å². The molecule has 1 fully saturated rings. The number of halogens is 3. The summed E-state index contributed by atoms with van der Waals surface area (Å²) in [6.45, 7) is 7.13. The third kappa shape index (κ3) is 6.00. The zero-order chi connectivity index (χ0) is 28.6. The molecule has 0 N–H and O–H groups in total. The van der Waals surface area contributed by atoms with Crippen molar-refractivity contribution in [2.75, 3.05) is 39.3 Å². The molecule has 0 aliphatic carbocycles. The number of carbonyl (C=O) groups is 3. The Morgan fingerprint density at radius 2 is 1.75 bits per heavy atom. The molecule has 5 rings (SSSR count). The molecule has 1 saturated heterocycles. The van der Waals surface area contributed by atoms with Gasteiger partial charge in [0.25, 0.3) is 0 Å². The number of ether oxygens (including phenoxy) is 3. The third-order valence-electron chi connectivity index (χ3n) is 7.85. The zero-order valence-corrected chi connectivity index (χ0v) is 22.4. The summed E-state index contributed by atoms with van der Waals surface area (Å²) in [5.41, 5.74) is 4.77. The Kier molecular flexibility index (Phi) is 7.87. The van der Waals surface area contributed by atoms with E-state index in [2.05, 4.69) is 11.0 Å². The van der Waals surface area contributed by atoms with Crippen molar-refractivity contribution in [3.05, 3.63) is 69.3 Å². The summed E-state index contributed by atoms with van der Waals surface area (Å²) in [7, 11) is 0.